The molecular weight excluding hydrogens is 328 g/mol. The molecule has 1 amide bonds. The van der Waals surface area contributed by atoms with E-state index in [1.54, 1.807) is 12.1 Å². The van der Waals surface area contributed by atoms with Gasteiger partial charge in [0.25, 0.3) is 5.91 Å². The summed E-state index contributed by atoms with van der Waals surface area (Å²) in [6.45, 7) is 0. The first-order chi connectivity index (χ1) is 7.97. The van der Waals surface area contributed by atoms with Crippen molar-refractivity contribution in [2.24, 2.45) is 0 Å². The topological polar surface area (TPSA) is 61.4 Å². The Kier molecular flexibility index (Phi) is 3.37. The molecule has 7 heteroatoms. The van der Waals surface area contributed by atoms with Crippen molar-refractivity contribution in [3.05, 3.63) is 32.9 Å². The Balaban J connectivity index is 2.46. The Morgan fingerprint density at radius 3 is 2.71 bits per heavy atom. The summed E-state index contributed by atoms with van der Waals surface area (Å²) in [7, 11) is 0. The highest BCUT2D eigenvalue weighted by atomic mass is 79.9. The van der Waals surface area contributed by atoms with Gasteiger partial charge < -0.3 is 10.4 Å². The van der Waals surface area contributed by atoms with Crippen molar-refractivity contribution in [2.45, 2.75) is 0 Å². The third-order valence-corrected chi connectivity index (χ3v) is 3.03. The fraction of sp³-hybridized carbons (Fsp3) is 0. The molecule has 1 fully saturated rings. The molecule has 3 N–H and O–H groups in total. The van der Waals surface area contributed by atoms with E-state index in [-0.39, 0.29) is 27.5 Å². The quantitative estimate of drug-likeness (QED) is 0.544. The lowest BCUT2D eigenvalue weighted by Crippen LogP contribution is -2.21. The van der Waals surface area contributed by atoms with Crippen molar-refractivity contribution in [1.82, 2.24) is 10.6 Å². The van der Waals surface area contributed by atoms with E-state index in [0.29, 0.717) is 10.0 Å². The predicted octanol–water partition coefficient (Wildman–Crippen LogP) is 2.15. The molecule has 1 heterocycles. The van der Waals surface area contributed by atoms with Gasteiger partial charge in [0.15, 0.2) is 5.11 Å². The summed E-state index contributed by atoms with van der Waals surface area (Å²) in [5.74, 6) is -0.430. The number of carbonyl (C=O) groups excluding carboxylic acids is 1. The van der Waals surface area contributed by atoms with Gasteiger partial charge in [0, 0.05) is 10.0 Å². The minimum absolute atomic E-state index is 0.0882. The zero-order valence-corrected chi connectivity index (χ0v) is 11.4. The molecular formula is C10H6BrClN2O2S. The van der Waals surface area contributed by atoms with Crippen LogP contribution in [0.3, 0.4) is 0 Å². The van der Waals surface area contributed by atoms with Crippen LogP contribution in [0.2, 0.25) is 5.02 Å². The van der Waals surface area contributed by atoms with Gasteiger partial charge in [0.2, 0.25) is 0 Å². The highest BCUT2D eigenvalue weighted by Gasteiger charge is 2.20. The van der Waals surface area contributed by atoms with Crippen molar-refractivity contribution in [1.29, 1.82) is 0 Å². The van der Waals surface area contributed by atoms with Crippen LogP contribution in [-0.2, 0) is 4.79 Å². The van der Waals surface area contributed by atoms with Crippen LogP contribution in [0.5, 0.6) is 5.75 Å². The first-order valence-corrected chi connectivity index (χ1v) is 6.07. The van der Waals surface area contributed by atoms with Crippen LogP contribution in [-0.4, -0.2) is 16.1 Å². The number of nitrogens with one attached hydrogen (secondary N) is 2. The van der Waals surface area contributed by atoms with Gasteiger partial charge in [-0.15, -0.1) is 0 Å². The maximum absolute atomic E-state index is 11.4. The van der Waals surface area contributed by atoms with Gasteiger partial charge in [0.1, 0.15) is 11.4 Å². The summed E-state index contributed by atoms with van der Waals surface area (Å²) >= 11 is 13.9. The van der Waals surface area contributed by atoms with Crippen LogP contribution in [0.1, 0.15) is 5.56 Å². The molecule has 0 aromatic heterocycles. The van der Waals surface area contributed by atoms with E-state index in [4.69, 9.17) is 23.8 Å². The molecule has 1 aliphatic heterocycles. The van der Waals surface area contributed by atoms with E-state index >= 15 is 0 Å². The van der Waals surface area contributed by atoms with Gasteiger partial charge in [0.05, 0.1) is 5.02 Å². The number of aromatic hydroxyl groups is 1. The normalized spacial score (nSPS) is 17.2. The van der Waals surface area contributed by atoms with E-state index in [0.717, 1.165) is 0 Å². The SMILES string of the molecule is O=C1NC(=S)N/C1=C/c1cc(Br)cc(Cl)c1O. The number of benzene rings is 1. The lowest BCUT2D eigenvalue weighted by Gasteiger charge is -2.03. The maximum atomic E-state index is 11.4. The minimum Gasteiger partial charge on any atom is -0.506 e. The molecule has 0 radical (unpaired) electrons. The lowest BCUT2D eigenvalue weighted by atomic mass is 10.1. The highest BCUT2D eigenvalue weighted by Crippen LogP contribution is 2.32. The number of halogens is 2. The van der Waals surface area contributed by atoms with Crippen LogP contribution in [0, 0.1) is 0 Å². The molecule has 1 aromatic carbocycles. The average molecular weight is 334 g/mol. The summed E-state index contributed by atoms with van der Waals surface area (Å²) in [6.07, 6.45) is 1.47. The monoisotopic (exact) mass is 332 g/mol. The Morgan fingerprint density at radius 2 is 2.12 bits per heavy atom. The molecule has 0 atom stereocenters. The van der Waals surface area contributed by atoms with E-state index in [1.807, 2.05) is 0 Å². The van der Waals surface area contributed by atoms with E-state index in [9.17, 15) is 9.90 Å². The van der Waals surface area contributed by atoms with Gasteiger partial charge in [-0.25, -0.2) is 0 Å². The van der Waals surface area contributed by atoms with Crippen molar-refractivity contribution in [3.8, 4) is 5.75 Å². The second-order valence-corrected chi connectivity index (χ2v) is 5.02. The molecule has 0 unspecified atom stereocenters. The second-order valence-electron chi connectivity index (χ2n) is 3.29. The Labute approximate surface area is 116 Å². The van der Waals surface area contributed by atoms with Crippen LogP contribution in [0.4, 0.5) is 0 Å². The van der Waals surface area contributed by atoms with Crippen LogP contribution >= 0.6 is 39.7 Å². The predicted molar refractivity (Wildman–Crippen MR) is 72.7 cm³/mol. The zero-order chi connectivity index (χ0) is 12.6. The number of thiocarbonyl (C=S) groups is 1. The fourth-order valence-corrected chi connectivity index (χ4v) is 2.37. The summed E-state index contributed by atoms with van der Waals surface area (Å²) in [6, 6.07) is 3.20. The molecule has 1 aliphatic rings. The number of amides is 1. The largest absolute Gasteiger partial charge is 0.506 e. The highest BCUT2D eigenvalue weighted by molar-refractivity contribution is 9.10. The minimum atomic E-state index is -0.342. The van der Waals surface area contributed by atoms with Gasteiger partial charge >= 0.3 is 0 Å². The van der Waals surface area contributed by atoms with E-state index in [2.05, 4.69) is 26.6 Å². The fourth-order valence-electron chi connectivity index (χ4n) is 1.33. The number of hydrogen-bond acceptors (Lipinski definition) is 3. The van der Waals surface area contributed by atoms with Gasteiger partial charge in [-0.05, 0) is 30.4 Å². The third kappa shape index (κ3) is 2.59. The zero-order valence-electron chi connectivity index (χ0n) is 8.25. The van der Waals surface area contributed by atoms with E-state index < -0.39 is 0 Å². The van der Waals surface area contributed by atoms with Gasteiger partial charge in [-0.2, -0.15) is 0 Å². The van der Waals surface area contributed by atoms with Gasteiger partial charge in [-0.1, -0.05) is 27.5 Å². The molecule has 1 saturated heterocycles. The summed E-state index contributed by atoms with van der Waals surface area (Å²) in [4.78, 5) is 11.4. The van der Waals surface area contributed by atoms with Crippen molar-refractivity contribution >= 4 is 56.8 Å². The number of phenolic OH excluding ortho intramolecular Hbond substituents is 1. The molecule has 0 saturated carbocycles. The van der Waals surface area contributed by atoms with Crippen molar-refractivity contribution in [3.63, 3.8) is 0 Å². The molecule has 0 bridgehead atoms. The summed E-state index contributed by atoms with van der Waals surface area (Å²) in [5, 5.41) is 15.3. The molecule has 88 valence electrons. The first kappa shape index (κ1) is 12.3. The maximum Gasteiger partial charge on any atom is 0.273 e. The van der Waals surface area contributed by atoms with Crippen molar-refractivity contribution < 1.29 is 9.90 Å². The Hall–Kier alpha value is -1.11. The molecule has 4 nitrogen and oxygen atoms in total. The number of phenols is 1. The van der Waals surface area contributed by atoms with Crippen LogP contribution in [0.25, 0.3) is 6.08 Å². The average Bonchev–Trinajstić information content (AvgIpc) is 2.53. The Bertz CT molecular complexity index is 559. The molecule has 2 rings (SSSR count). The second kappa shape index (κ2) is 4.64. The third-order valence-electron chi connectivity index (χ3n) is 2.08. The molecule has 1 aromatic rings. The Morgan fingerprint density at radius 1 is 1.41 bits per heavy atom. The number of hydrogen-bond donors (Lipinski definition) is 3. The molecule has 0 aliphatic carbocycles. The summed E-state index contributed by atoms with van der Waals surface area (Å²) in [5.41, 5.74) is 0.686. The lowest BCUT2D eigenvalue weighted by molar-refractivity contribution is -0.115. The van der Waals surface area contributed by atoms with E-state index in [1.165, 1.54) is 6.08 Å². The standard InChI is InChI=1S/C10H6BrClN2O2S/c11-5-1-4(8(15)6(12)3-5)2-7-9(16)14-10(17)13-7/h1-3,15H,(H2,13,14,16,17)/b7-2+. The smallest absolute Gasteiger partial charge is 0.273 e. The summed E-state index contributed by atoms with van der Waals surface area (Å²) < 4.78 is 0.702. The first-order valence-electron chi connectivity index (χ1n) is 4.49. The van der Waals surface area contributed by atoms with Crippen LogP contribution in [0.15, 0.2) is 22.3 Å². The van der Waals surface area contributed by atoms with Gasteiger partial charge in [-0.3, -0.25) is 10.1 Å². The number of carbonyl (C=O) groups is 1. The molecule has 0 spiro atoms. The van der Waals surface area contributed by atoms with Crippen molar-refractivity contribution in [2.75, 3.05) is 0 Å². The molecule has 17 heavy (non-hydrogen) atoms. The van der Waals surface area contributed by atoms with Crippen LogP contribution < -0.4 is 10.6 Å². The number of rotatable bonds is 1.